The third-order valence-electron chi connectivity index (χ3n) is 9.81. The summed E-state index contributed by atoms with van der Waals surface area (Å²) in [4.78, 5) is 10.6. The van der Waals surface area contributed by atoms with Crippen LogP contribution in [0.1, 0.15) is 22.3 Å². The molecule has 0 fully saturated rings. The van der Waals surface area contributed by atoms with E-state index in [-0.39, 0.29) is 23.0 Å². The number of nitrogens with zero attached hydrogens (tertiary/aromatic N) is 2. The van der Waals surface area contributed by atoms with Gasteiger partial charge in [0, 0.05) is 41.8 Å². The number of aliphatic imine (C=N–C) groups is 2. The number of halogens is 2. The molecule has 0 aliphatic heterocycles. The van der Waals surface area contributed by atoms with Crippen LogP contribution in [-0.4, -0.2) is 32.9 Å². The van der Waals surface area contributed by atoms with Crippen LogP contribution in [0.2, 0.25) is 0 Å². The van der Waals surface area contributed by atoms with E-state index in [4.69, 9.17) is 9.98 Å². The maximum absolute atomic E-state index is 11.2. The van der Waals surface area contributed by atoms with E-state index in [1.165, 1.54) is 12.1 Å². The predicted octanol–water partition coefficient (Wildman–Crippen LogP) is 10.8. The predicted molar refractivity (Wildman–Crippen MR) is 223 cm³/mol. The lowest BCUT2D eigenvalue weighted by Crippen LogP contribution is -2.21. The molecule has 0 aromatic heterocycles. The minimum Gasteiger partial charge on any atom is -0.504 e. The fourth-order valence-electron chi connectivity index (χ4n) is 7.45. The minimum atomic E-state index is -1.41. The Balaban J connectivity index is 1.42. The van der Waals surface area contributed by atoms with E-state index < -0.39 is 5.66 Å². The van der Waals surface area contributed by atoms with Crippen molar-refractivity contribution in [3.63, 3.8) is 0 Å². The molecule has 0 amide bonds. The average molecular weight is 888 g/mol. The number of phenols is 4. The van der Waals surface area contributed by atoms with Gasteiger partial charge in [-0.1, -0.05) is 84.9 Å². The zero-order valence-corrected chi connectivity index (χ0v) is 31.0. The lowest BCUT2D eigenvalue weighted by molar-refractivity contribution is 0.404. The van der Waals surface area contributed by atoms with Gasteiger partial charge < -0.3 is 20.4 Å². The summed E-state index contributed by atoms with van der Waals surface area (Å²) in [5.41, 5.74) is 2.93. The summed E-state index contributed by atoms with van der Waals surface area (Å²) in [6.07, 6.45) is 3.18. The monoisotopic (exact) mass is 888 g/mol. The minimum absolute atomic E-state index is 0.253. The lowest BCUT2D eigenvalue weighted by Gasteiger charge is -2.24. The van der Waals surface area contributed by atoms with Gasteiger partial charge in [0.25, 0.3) is 0 Å². The second-order valence-corrected chi connectivity index (χ2v) is 15.1. The fourth-order valence-corrected chi connectivity index (χ4v) is 8.48. The van der Waals surface area contributed by atoms with Crippen molar-refractivity contribution in [2.45, 2.75) is 5.66 Å². The summed E-state index contributed by atoms with van der Waals surface area (Å²) in [7, 11) is 0. The summed E-state index contributed by atoms with van der Waals surface area (Å²) in [5.74, 6) is -1.07. The van der Waals surface area contributed by atoms with Gasteiger partial charge in [0.05, 0.1) is 0 Å². The number of rotatable bonds is 4. The first-order valence-corrected chi connectivity index (χ1v) is 18.3. The fraction of sp³-hybridized carbons (Fsp3) is 0.0233. The lowest BCUT2D eigenvalue weighted by atomic mass is 9.94. The number of benzene rings is 8. The molecule has 1 aliphatic carbocycles. The zero-order valence-electron chi connectivity index (χ0n) is 26.6. The van der Waals surface area contributed by atoms with Crippen molar-refractivity contribution >= 4 is 101 Å². The van der Waals surface area contributed by atoms with Crippen LogP contribution in [0.5, 0.6) is 23.0 Å². The highest BCUT2D eigenvalue weighted by Gasteiger charge is 2.44. The second kappa shape index (κ2) is 12.0. The SMILES string of the molecule is Oc1cc2ccccc2c(C=NC2(N=Cc3c(O)c(O)cc4ccccc34)c3ccc4cc(I)ccc4c3-c3c2ccc2cc(I)ccc32)c1O. The number of phenolic OH excluding ortho intramolecular Hbond substituents is 4. The summed E-state index contributed by atoms with van der Waals surface area (Å²) in [6.45, 7) is 0. The molecule has 0 saturated carbocycles. The molecule has 51 heavy (non-hydrogen) atoms. The first kappa shape index (κ1) is 31.8. The summed E-state index contributed by atoms with van der Waals surface area (Å²) >= 11 is 4.66. The van der Waals surface area contributed by atoms with E-state index in [1.807, 2.05) is 48.5 Å². The molecule has 4 N–H and O–H groups in total. The van der Waals surface area contributed by atoms with Crippen LogP contribution in [0.3, 0.4) is 0 Å². The molecular weight excluding hydrogens is 862 g/mol. The average Bonchev–Trinajstić information content (AvgIpc) is 3.41. The van der Waals surface area contributed by atoms with Crippen LogP contribution < -0.4 is 0 Å². The smallest absolute Gasteiger partial charge is 0.202 e. The van der Waals surface area contributed by atoms with Crippen molar-refractivity contribution in [2.24, 2.45) is 9.98 Å². The molecule has 8 aromatic rings. The number of hydrogen-bond acceptors (Lipinski definition) is 6. The van der Waals surface area contributed by atoms with Gasteiger partial charge in [-0.3, -0.25) is 9.98 Å². The Morgan fingerprint density at radius 3 is 1.31 bits per heavy atom. The van der Waals surface area contributed by atoms with Crippen LogP contribution >= 0.6 is 45.2 Å². The molecule has 0 saturated heterocycles. The van der Waals surface area contributed by atoms with E-state index in [9.17, 15) is 20.4 Å². The van der Waals surface area contributed by atoms with Crippen LogP contribution in [-0.2, 0) is 5.66 Å². The molecule has 0 heterocycles. The van der Waals surface area contributed by atoms with Crippen molar-refractivity contribution < 1.29 is 20.4 Å². The van der Waals surface area contributed by atoms with Crippen LogP contribution in [0, 0.1) is 7.14 Å². The molecule has 246 valence electrons. The van der Waals surface area contributed by atoms with Gasteiger partial charge in [0.2, 0.25) is 5.66 Å². The molecule has 8 aromatic carbocycles. The van der Waals surface area contributed by atoms with E-state index in [2.05, 4.69) is 106 Å². The molecule has 6 nitrogen and oxygen atoms in total. The van der Waals surface area contributed by atoms with Gasteiger partial charge in [-0.2, -0.15) is 0 Å². The third kappa shape index (κ3) is 4.95. The van der Waals surface area contributed by atoms with Crippen molar-refractivity contribution in [3.8, 4) is 34.1 Å². The van der Waals surface area contributed by atoms with E-state index >= 15 is 0 Å². The third-order valence-corrected chi connectivity index (χ3v) is 11.1. The Labute approximate surface area is 319 Å². The Bertz CT molecular complexity index is 2650. The highest BCUT2D eigenvalue weighted by molar-refractivity contribution is 14.1. The molecule has 0 spiro atoms. The van der Waals surface area contributed by atoms with E-state index in [1.54, 1.807) is 12.4 Å². The molecule has 8 heteroatoms. The topological polar surface area (TPSA) is 106 Å². The maximum atomic E-state index is 11.2. The molecule has 0 bridgehead atoms. The Kier molecular flexibility index (Phi) is 7.44. The van der Waals surface area contributed by atoms with Gasteiger partial charge in [0.15, 0.2) is 23.0 Å². The molecule has 1 aliphatic rings. The van der Waals surface area contributed by atoms with Crippen LogP contribution in [0.25, 0.3) is 54.2 Å². The van der Waals surface area contributed by atoms with E-state index in [0.717, 1.165) is 61.7 Å². The van der Waals surface area contributed by atoms with Gasteiger partial charge in [0.1, 0.15) is 0 Å². The molecule has 0 radical (unpaired) electrons. The van der Waals surface area contributed by atoms with Crippen molar-refractivity contribution in [1.29, 1.82) is 0 Å². The van der Waals surface area contributed by atoms with Gasteiger partial charge in [-0.25, -0.2) is 0 Å². The molecule has 0 atom stereocenters. The Morgan fingerprint density at radius 2 is 0.863 bits per heavy atom. The van der Waals surface area contributed by atoms with Crippen LogP contribution in [0.15, 0.2) is 131 Å². The normalized spacial score (nSPS) is 13.6. The van der Waals surface area contributed by atoms with Gasteiger partial charge >= 0.3 is 0 Å². The standard InChI is InChI=1S/C43H26I2N2O4/c44-27-11-13-31-25(17-27)9-15-35-39(31)40-32-14-12-28(45)18-26(32)10-16-36(40)43(35,46-21-33-29-7-3-1-5-23(29)19-37(48)41(33)50)47-22-34-30-8-4-2-6-24(30)20-38(49)42(34)51/h1-22,48-51H. The van der Waals surface area contributed by atoms with Crippen molar-refractivity contribution in [2.75, 3.05) is 0 Å². The van der Waals surface area contributed by atoms with E-state index in [0.29, 0.717) is 21.9 Å². The highest BCUT2D eigenvalue weighted by atomic mass is 127. The Hall–Kier alpha value is -5.20. The summed E-state index contributed by atoms with van der Waals surface area (Å²) in [6, 6.07) is 39.1. The summed E-state index contributed by atoms with van der Waals surface area (Å²) in [5, 5.41) is 51.2. The second-order valence-electron chi connectivity index (χ2n) is 12.7. The first-order chi connectivity index (χ1) is 24.7. The zero-order chi connectivity index (χ0) is 35.0. The van der Waals surface area contributed by atoms with Gasteiger partial charge in [-0.05, 0) is 136 Å². The summed E-state index contributed by atoms with van der Waals surface area (Å²) < 4.78 is 2.23. The molecule has 0 unspecified atom stereocenters. The van der Waals surface area contributed by atoms with Gasteiger partial charge in [-0.15, -0.1) is 0 Å². The molecule has 9 rings (SSSR count). The highest BCUT2D eigenvalue weighted by Crippen LogP contribution is 2.56. The quantitative estimate of drug-likeness (QED) is 0.0802. The van der Waals surface area contributed by atoms with Crippen molar-refractivity contribution in [1.82, 2.24) is 0 Å². The van der Waals surface area contributed by atoms with Crippen LogP contribution in [0.4, 0.5) is 0 Å². The first-order valence-electron chi connectivity index (χ1n) is 16.2. The maximum Gasteiger partial charge on any atom is 0.202 e. The van der Waals surface area contributed by atoms with Crippen molar-refractivity contribution in [3.05, 3.63) is 151 Å². The largest absolute Gasteiger partial charge is 0.504 e. The molecular formula is C43H26I2N2O4. The number of hydrogen-bond donors (Lipinski definition) is 4. The number of fused-ring (bicyclic) bond motifs is 9. The number of aromatic hydroxyl groups is 4. The Morgan fingerprint density at radius 1 is 0.451 bits per heavy atom.